The second-order valence-corrected chi connectivity index (χ2v) is 5.21. The maximum atomic E-state index is 13.4. The van der Waals surface area contributed by atoms with E-state index in [4.69, 9.17) is 0 Å². The van der Waals surface area contributed by atoms with Crippen LogP contribution in [-0.2, 0) is 0 Å². The number of rotatable bonds is 6. The van der Waals surface area contributed by atoms with Crippen molar-refractivity contribution in [3.05, 3.63) is 35.6 Å². The van der Waals surface area contributed by atoms with Crippen molar-refractivity contribution >= 4 is 5.78 Å². The molecule has 2 nitrogen and oxygen atoms in total. The number of Topliss-reactive ketones (excluding diaryl/α,β-unsaturated/α-hetero) is 1. The Morgan fingerprint density at radius 2 is 2.11 bits per heavy atom. The topological polar surface area (TPSA) is 20.3 Å². The highest BCUT2D eigenvalue weighted by molar-refractivity contribution is 5.96. The second-order valence-electron chi connectivity index (χ2n) is 5.21. The molecule has 1 unspecified atom stereocenters. The standard InChI is InChI=1S/C15H20FNO/c1-11(12-7-8-12)17(2)10-9-15(18)13-5-3-4-6-14(13)16/h3-6,11-12H,7-10H2,1-2H3. The smallest absolute Gasteiger partial charge is 0.167 e. The zero-order valence-electron chi connectivity index (χ0n) is 11.0. The van der Waals surface area contributed by atoms with E-state index in [-0.39, 0.29) is 11.3 Å². The molecule has 1 aromatic carbocycles. The Kier molecular flexibility index (Phi) is 4.12. The molecule has 0 aliphatic heterocycles. The van der Waals surface area contributed by atoms with Gasteiger partial charge in [0.05, 0.1) is 5.56 Å². The molecule has 2 rings (SSSR count). The molecular formula is C15H20FNO. The van der Waals surface area contributed by atoms with Crippen LogP contribution in [0.3, 0.4) is 0 Å². The number of carbonyl (C=O) groups is 1. The monoisotopic (exact) mass is 249 g/mol. The largest absolute Gasteiger partial charge is 0.303 e. The van der Waals surface area contributed by atoms with Crippen LogP contribution in [0.2, 0.25) is 0 Å². The summed E-state index contributed by atoms with van der Waals surface area (Å²) in [6, 6.07) is 6.73. The summed E-state index contributed by atoms with van der Waals surface area (Å²) in [6.07, 6.45) is 2.98. The van der Waals surface area contributed by atoms with E-state index in [0.29, 0.717) is 19.0 Å². The molecule has 1 aliphatic rings. The van der Waals surface area contributed by atoms with Gasteiger partial charge in [-0.1, -0.05) is 12.1 Å². The van der Waals surface area contributed by atoms with Crippen molar-refractivity contribution in [2.75, 3.05) is 13.6 Å². The van der Waals surface area contributed by atoms with Crippen LogP contribution in [0.25, 0.3) is 0 Å². The minimum absolute atomic E-state index is 0.108. The molecular weight excluding hydrogens is 229 g/mol. The van der Waals surface area contributed by atoms with E-state index in [1.807, 2.05) is 7.05 Å². The van der Waals surface area contributed by atoms with Crippen molar-refractivity contribution in [2.24, 2.45) is 5.92 Å². The fourth-order valence-corrected chi connectivity index (χ4v) is 2.24. The van der Waals surface area contributed by atoms with Gasteiger partial charge >= 0.3 is 0 Å². The minimum atomic E-state index is -0.416. The molecule has 0 bridgehead atoms. The van der Waals surface area contributed by atoms with E-state index < -0.39 is 5.82 Å². The van der Waals surface area contributed by atoms with E-state index in [9.17, 15) is 9.18 Å². The van der Waals surface area contributed by atoms with Crippen molar-refractivity contribution < 1.29 is 9.18 Å². The molecule has 0 amide bonds. The zero-order chi connectivity index (χ0) is 13.1. The second kappa shape index (κ2) is 5.61. The van der Waals surface area contributed by atoms with Crippen molar-refractivity contribution in [1.29, 1.82) is 0 Å². The fraction of sp³-hybridized carbons (Fsp3) is 0.533. The van der Waals surface area contributed by atoms with Gasteiger partial charge in [0.25, 0.3) is 0 Å². The highest BCUT2D eigenvalue weighted by atomic mass is 19.1. The van der Waals surface area contributed by atoms with Gasteiger partial charge < -0.3 is 4.90 Å². The predicted octanol–water partition coefficient (Wildman–Crippen LogP) is 3.13. The Labute approximate surface area is 108 Å². The average molecular weight is 249 g/mol. The summed E-state index contributed by atoms with van der Waals surface area (Å²) in [5.74, 6) is 0.266. The molecule has 0 spiro atoms. The lowest BCUT2D eigenvalue weighted by Gasteiger charge is -2.24. The number of ketones is 1. The zero-order valence-corrected chi connectivity index (χ0v) is 11.0. The molecule has 0 heterocycles. The van der Waals surface area contributed by atoms with Gasteiger partial charge in [-0.25, -0.2) is 4.39 Å². The number of hydrogen-bond acceptors (Lipinski definition) is 2. The molecule has 1 aliphatic carbocycles. The molecule has 18 heavy (non-hydrogen) atoms. The van der Waals surface area contributed by atoms with Gasteiger partial charge in [-0.3, -0.25) is 4.79 Å². The molecule has 1 atom stereocenters. The first-order valence-corrected chi connectivity index (χ1v) is 6.57. The lowest BCUT2D eigenvalue weighted by atomic mass is 10.1. The van der Waals surface area contributed by atoms with Gasteiger partial charge in [0.1, 0.15) is 5.82 Å². The molecule has 1 saturated carbocycles. The van der Waals surface area contributed by atoms with E-state index in [1.54, 1.807) is 18.2 Å². The summed E-state index contributed by atoms with van der Waals surface area (Å²) in [5, 5.41) is 0. The van der Waals surface area contributed by atoms with E-state index >= 15 is 0 Å². The highest BCUT2D eigenvalue weighted by Gasteiger charge is 2.30. The normalized spacial score (nSPS) is 16.9. The lowest BCUT2D eigenvalue weighted by Crippen LogP contribution is -2.32. The van der Waals surface area contributed by atoms with Crippen LogP contribution < -0.4 is 0 Å². The van der Waals surface area contributed by atoms with Crippen molar-refractivity contribution in [3.8, 4) is 0 Å². The third-order valence-electron chi connectivity index (χ3n) is 3.87. The van der Waals surface area contributed by atoms with Crippen LogP contribution in [0.1, 0.15) is 36.5 Å². The maximum Gasteiger partial charge on any atom is 0.167 e. The Morgan fingerprint density at radius 3 is 2.72 bits per heavy atom. The maximum absolute atomic E-state index is 13.4. The van der Waals surface area contributed by atoms with Crippen LogP contribution >= 0.6 is 0 Å². The Bertz CT molecular complexity index is 428. The number of carbonyl (C=O) groups excluding carboxylic acids is 1. The van der Waals surface area contributed by atoms with Crippen molar-refractivity contribution in [3.63, 3.8) is 0 Å². The number of benzene rings is 1. The van der Waals surface area contributed by atoms with Crippen molar-refractivity contribution in [1.82, 2.24) is 4.90 Å². The first kappa shape index (κ1) is 13.2. The molecule has 0 N–H and O–H groups in total. The fourth-order valence-electron chi connectivity index (χ4n) is 2.24. The summed E-state index contributed by atoms with van der Waals surface area (Å²) < 4.78 is 13.4. The van der Waals surface area contributed by atoms with Crippen LogP contribution in [0, 0.1) is 11.7 Å². The Balaban J connectivity index is 1.86. The summed E-state index contributed by atoms with van der Waals surface area (Å²) in [5.41, 5.74) is 0.213. The van der Waals surface area contributed by atoms with Gasteiger partial charge in [-0.15, -0.1) is 0 Å². The third-order valence-corrected chi connectivity index (χ3v) is 3.87. The molecule has 0 aromatic heterocycles. The lowest BCUT2D eigenvalue weighted by molar-refractivity contribution is 0.0955. The summed E-state index contributed by atoms with van der Waals surface area (Å²) in [7, 11) is 2.04. The minimum Gasteiger partial charge on any atom is -0.303 e. The number of hydrogen-bond donors (Lipinski definition) is 0. The van der Waals surface area contributed by atoms with E-state index in [1.165, 1.54) is 18.9 Å². The van der Waals surface area contributed by atoms with Gasteiger partial charge in [-0.05, 0) is 44.9 Å². The van der Waals surface area contributed by atoms with Crippen LogP contribution in [0.15, 0.2) is 24.3 Å². The summed E-state index contributed by atoms with van der Waals surface area (Å²) in [6.45, 7) is 2.90. The van der Waals surface area contributed by atoms with Gasteiger partial charge in [0.2, 0.25) is 0 Å². The summed E-state index contributed by atoms with van der Waals surface area (Å²) >= 11 is 0. The number of halogens is 1. The van der Waals surface area contributed by atoms with Crippen LogP contribution in [0.4, 0.5) is 4.39 Å². The SMILES string of the molecule is CC(C1CC1)N(C)CCC(=O)c1ccccc1F. The third kappa shape index (κ3) is 3.16. The number of nitrogens with zero attached hydrogens (tertiary/aromatic N) is 1. The van der Waals surface area contributed by atoms with E-state index in [0.717, 1.165) is 5.92 Å². The quantitative estimate of drug-likeness (QED) is 0.722. The molecule has 0 radical (unpaired) electrons. The Morgan fingerprint density at radius 1 is 1.44 bits per heavy atom. The highest BCUT2D eigenvalue weighted by Crippen LogP contribution is 2.34. The van der Waals surface area contributed by atoms with Crippen LogP contribution in [0.5, 0.6) is 0 Å². The molecule has 1 aromatic rings. The van der Waals surface area contributed by atoms with Gasteiger partial charge in [0, 0.05) is 19.0 Å². The molecule has 3 heteroatoms. The first-order valence-electron chi connectivity index (χ1n) is 6.57. The predicted molar refractivity (Wildman–Crippen MR) is 70.2 cm³/mol. The average Bonchev–Trinajstić information content (AvgIpc) is 3.19. The first-order chi connectivity index (χ1) is 8.59. The van der Waals surface area contributed by atoms with Gasteiger partial charge in [0.15, 0.2) is 5.78 Å². The molecule has 0 saturated heterocycles. The van der Waals surface area contributed by atoms with Crippen LogP contribution in [-0.4, -0.2) is 30.3 Å². The Hall–Kier alpha value is -1.22. The summed E-state index contributed by atoms with van der Waals surface area (Å²) in [4.78, 5) is 14.1. The van der Waals surface area contributed by atoms with E-state index in [2.05, 4.69) is 11.8 Å². The van der Waals surface area contributed by atoms with Gasteiger partial charge in [-0.2, -0.15) is 0 Å². The molecule has 98 valence electrons. The molecule has 1 fully saturated rings. The van der Waals surface area contributed by atoms with Crippen molar-refractivity contribution in [2.45, 2.75) is 32.2 Å².